The van der Waals surface area contributed by atoms with Crippen LogP contribution in [0.4, 0.5) is 11.5 Å². The Labute approximate surface area is 177 Å². The maximum absolute atomic E-state index is 12.5. The minimum absolute atomic E-state index is 0.185. The molecule has 1 aromatic heterocycles. The van der Waals surface area contributed by atoms with Crippen LogP contribution in [0.3, 0.4) is 0 Å². The van der Waals surface area contributed by atoms with Crippen LogP contribution in [-0.2, 0) is 4.79 Å². The fraction of sp³-hybridized carbons (Fsp3) is 0.389. The van der Waals surface area contributed by atoms with Crippen molar-refractivity contribution in [2.75, 3.05) is 54.8 Å². The lowest BCUT2D eigenvalue weighted by Gasteiger charge is -2.28. The van der Waals surface area contributed by atoms with Crippen molar-refractivity contribution < 1.29 is 14.3 Å². The van der Waals surface area contributed by atoms with Crippen molar-refractivity contribution in [3.63, 3.8) is 0 Å². The summed E-state index contributed by atoms with van der Waals surface area (Å²) in [5.41, 5.74) is 0.492. The van der Waals surface area contributed by atoms with Crippen molar-refractivity contribution in [1.82, 2.24) is 9.97 Å². The van der Waals surface area contributed by atoms with Crippen LogP contribution in [0.1, 0.15) is 0 Å². The van der Waals surface area contributed by atoms with Gasteiger partial charge in [0, 0.05) is 43.1 Å². The molecule has 1 aromatic carbocycles. The molecule has 1 N–H and O–H groups in total. The largest absolute Gasteiger partial charge is 0.495 e. The van der Waals surface area contributed by atoms with Gasteiger partial charge in [-0.1, -0.05) is 23.4 Å². The summed E-state index contributed by atoms with van der Waals surface area (Å²) in [6.45, 7) is 1.87. The number of ether oxygens (including phenoxy) is 2. The second kappa shape index (κ2) is 10.1. The van der Waals surface area contributed by atoms with Gasteiger partial charge in [0.15, 0.2) is 5.82 Å². The molecule has 2 heterocycles. The number of nitrogens with one attached hydrogen (secondary N) is 1. The van der Waals surface area contributed by atoms with Gasteiger partial charge in [-0.25, -0.2) is 9.97 Å². The molecule has 150 valence electrons. The summed E-state index contributed by atoms with van der Waals surface area (Å²) in [7, 11) is 3.05. The third kappa shape index (κ3) is 5.15. The molecule has 1 saturated heterocycles. The molecule has 1 aliphatic rings. The standard InChI is InChI=1S/C18H21ClN4O3S2/c1-25-14-10-15(26-2)13(9-12(14)19)22-16(24)11-28-18-17(20-3-4-21-18)23-5-7-27-8-6-23/h3-4,9-10H,5-8,11H2,1-2H3,(H,22,24). The molecule has 0 radical (unpaired) electrons. The highest BCUT2D eigenvalue weighted by atomic mass is 35.5. The Kier molecular flexibility index (Phi) is 7.52. The lowest BCUT2D eigenvalue weighted by Crippen LogP contribution is -2.33. The first-order valence-corrected chi connectivity index (χ1v) is 11.1. The van der Waals surface area contributed by atoms with Gasteiger partial charge in [-0.05, 0) is 6.07 Å². The Morgan fingerprint density at radius 1 is 1.21 bits per heavy atom. The highest BCUT2D eigenvalue weighted by Crippen LogP contribution is 2.36. The van der Waals surface area contributed by atoms with Crippen molar-refractivity contribution in [3.8, 4) is 11.5 Å². The van der Waals surface area contributed by atoms with E-state index in [4.69, 9.17) is 21.1 Å². The molecular formula is C18H21ClN4O3S2. The molecule has 7 nitrogen and oxygen atoms in total. The number of methoxy groups -OCH3 is 2. The number of hydrogen-bond donors (Lipinski definition) is 1. The summed E-state index contributed by atoms with van der Waals surface area (Å²) in [6, 6.07) is 3.25. The molecule has 1 fully saturated rings. The van der Waals surface area contributed by atoms with Crippen LogP contribution in [-0.4, -0.2) is 60.4 Å². The van der Waals surface area contributed by atoms with Crippen LogP contribution < -0.4 is 19.7 Å². The van der Waals surface area contributed by atoms with Crippen LogP contribution >= 0.6 is 35.1 Å². The Hall–Kier alpha value is -1.84. The maximum atomic E-state index is 12.5. The normalized spacial score (nSPS) is 13.9. The molecule has 1 aliphatic heterocycles. The SMILES string of the molecule is COc1cc(OC)c(NC(=O)CSc2nccnc2N2CCSCC2)cc1Cl. The molecule has 1 amide bonds. The summed E-state index contributed by atoms with van der Waals surface area (Å²) in [6.07, 6.45) is 3.33. The fourth-order valence-corrected chi connectivity index (χ4v) is 4.62. The first-order chi connectivity index (χ1) is 13.6. The highest BCUT2D eigenvalue weighted by Gasteiger charge is 2.18. The van der Waals surface area contributed by atoms with E-state index in [2.05, 4.69) is 20.2 Å². The van der Waals surface area contributed by atoms with Crippen LogP contribution in [0.5, 0.6) is 11.5 Å². The summed E-state index contributed by atoms with van der Waals surface area (Å²) >= 11 is 9.45. The summed E-state index contributed by atoms with van der Waals surface area (Å²) < 4.78 is 10.5. The Morgan fingerprint density at radius 2 is 1.93 bits per heavy atom. The fourth-order valence-electron chi connectivity index (χ4n) is 2.69. The van der Waals surface area contributed by atoms with Crippen molar-refractivity contribution in [1.29, 1.82) is 0 Å². The number of thioether (sulfide) groups is 2. The van der Waals surface area contributed by atoms with Crippen LogP contribution in [0.25, 0.3) is 0 Å². The molecule has 0 spiro atoms. The number of nitrogens with zero attached hydrogens (tertiary/aromatic N) is 3. The molecule has 10 heteroatoms. The Balaban J connectivity index is 1.66. The zero-order valence-electron chi connectivity index (χ0n) is 15.6. The molecule has 0 atom stereocenters. The lowest BCUT2D eigenvalue weighted by atomic mass is 10.2. The van der Waals surface area contributed by atoms with Gasteiger partial charge in [0.25, 0.3) is 0 Å². The van der Waals surface area contributed by atoms with Crippen LogP contribution in [0.15, 0.2) is 29.6 Å². The molecular weight excluding hydrogens is 420 g/mol. The number of carbonyl (C=O) groups excluding carboxylic acids is 1. The van der Waals surface area contributed by atoms with Gasteiger partial charge in [0.2, 0.25) is 5.91 Å². The summed E-state index contributed by atoms with van der Waals surface area (Å²) in [5.74, 6) is 3.95. The smallest absolute Gasteiger partial charge is 0.234 e. The number of rotatable bonds is 7. The number of carbonyl (C=O) groups is 1. The van der Waals surface area contributed by atoms with E-state index in [-0.39, 0.29) is 11.7 Å². The number of anilines is 2. The van der Waals surface area contributed by atoms with Gasteiger partial charge in [0.1, 0.15) is 16.5 Å². The first kappa shape index (κ1) is 20.9. The van der Waals surface area contributed by atoms with Crippen LogP contribution in [0.2, 0.25) is 5.02 Å². The highest BCUT2D eigenvalue weighted by molar-refractivity contribution is 8.00. The molecule has 28 heavy (non-hydrogen) atoms. The van der Waals surface area contributed by atoms with Gasteiger partial charge in [0.05, 0.1) is 30.7 Å². The molecule has 2 aromatic rings. The van der Waals surface area contributed by atoms with Gasteiger partial charge in [-0.15, -0.1) is 0 Å². The predicted molar refractivity (Wildman–Crippen MR) is 115 cm³/mol. The minimum Gasteiger partial charge on any atom is -0.495 e. The van der Waals surface area contributed by atoms with Gasteiger partial charge < -0.3 is 19.7 Å². The number of benzene rings is 1. The number of amides is 1. The van der Waals surface area contributed by atoms with E-state index < -0.39 is 0 Å². The van der Waals surface area contributed by atoms with E-state index in [1.54, 1.807) is 24.5 Å². The van der Waals surface area contributed by atoms with E-state index in [0.29, 0.717) is 22.2 Å². The quantitative estimate of drug-likeness (QED) is 0.656. The van der Waals surface area contributed by atoms with E-state index in [0.717, 1.165) is 35.4 Å². The molecule has 0 bridgehead atoms. The average Bonchev–Trinajstić information content (AvgIpc) is 2.73. The minimum atomic E-state index is -0.185. The Bertz CT molecular complexity index is 834. The molecule has 0 unspecified atom stereocenters. The second-order valence-corrected chi connectivity index (χ2v) is 8.40. The Morgan fingerprint density at radius 3 is 2.64 bits per heavy atom. The van der Waals surface area contributed by atoms with Gasteiger partial charge in [-0.3, -0.25) is 4.79 Å². The maximum Gasteiger partial charge on any atom is 0.234 e. The third-order valence-corrected chi connectivity index (χ3v) is 6.25. The molecule has 3 rings (SSSR count). The van der Waals surface area contributed by atoms with Crippen molar-refractivity contribution in [3.05, 3.63) is 29.5 Å². The summed E-state index contributed by atoms with van der Waals surface area (Å²) in [4.78, 5) is 23.6. The van der Waals surface area contributed by atoms with Crippen molar-refractivity contribution in [2.24, 2.45) is 0 Å². The zero-order valence-corrected chi connectivity index (χ0v) is 18.0. The third-order valence-electron chi connectivity index (χ3n) is 4.05. The van der Waals surface area contributed by atoms with Crippen LogP contribution in [0, 0.1) is 0 Å². The topological polar surface area (TPSA) is 76.6 Å². The van der Waals surface area contributed by atoms with E-state index >= 15 is 0 Å². The van der Waals surface area contributed by atoms with Gasteiger partial charge >= 0.3 is 0 Å². The monoisotopic (exact) mass is 440 g/mol. The van der Waals surface area contributed by atoms with Crippen molar-refractivity contribution >= 4 is 52.5 Å². The second-order valence-electron chi connectivity index (χ2n) is 5.81. The van der Waals surface area contributed by atoms with Gasteiger partial charge in [-0.2, -0.15) is 11.8 Å². The lowest BCUT2D eigenvalue weighted by molar-refractivity contribution is -0.113. The molecule has 0 aliphatic carbocycles. The van der Waals surface area contributed by atoms with E-state index in [1.165, 1.54) is 26.0 Å². The molecule has 0 saturated carbocycles. The number of halogens is 1. The first-order valence-electron chi connectivity index (χ1n) is 8.60. The predicted octanol–water partition coefficient (Wildman–Crippen LogP) is 3.43. The average molecular weight is 441 g/mol. The van der Waals surface area contributed by atoms with Crippen molar-refractivity contribution in [2.45, 2.75) is 5.03 Å². The van der Waals surface area contributed by atoms with E-state index in [1.807, 2.05) is 11.8 Å². The number of hydrogen-bond acceptors (Lipinski definition) is 8. The summed E-state index contributed by atoms with van der Waals surface area (Å²) in [5, 5.41) is 3.98. The zero-order chi connectivity index (χ0) is 19.9. The number of aromatic nitrogens is 2. The van der Waals surface area contributed by atoms with E-state index in [9.17, 15) is 4.79 Å².